The van der Waals surface area contributed by atoms with Crippen molar-refractivity contribution < 1.29 is 13.2 Å². The summed E-state index contributed by atoms with van der Waals surface area (Å²) in [6, 6.07) is 7.85. The zero-order chi connectivity index (χ0) is 18.6. The quantitative estimate of drug-likeness (QED) is 0.618. The van der Waals surface area contributed by atoms with Gasteiger partial charge < -0.3 is 0 Å². The lowest BCUT2D eigenvalue weighted by Gasteiger charge is -2.12. The van der Waals surface area contributed by atoms with Crippen molar-refractivity contribution in [1.82, 2.24) is 4.98 Å². The van der Waals surface area contributed by atoms with E-state index in [1.54, 1.807) is 6.07 Å². The highest BCUT2D eigenvalue weighted by molar-refractivity contribution is 6.39. The van der Waals surface area contributed by atoms with Crippen molar-refractivity contribution in [2.75, 3.05) is 5.43 Å². The minimum Gasteiger partial charge on any atom is -0.274 e. The van der Waals surface area contributed by atoms with Gasteiger partial charge >= 0.3 is 6.18 Å². The molecule has 1 N–H and O–H groups in total. The van der Waals surface area contributed by atoms with Gasteiger partial charge in [-0.25, -0.2) is 4.98 Å². The summed E-state index contributed by atoms with van der Waals surface area (Å²) in [6.45, 7) is 0. The number of rotatable bonds is 3. The van der Waals surface area contributed by atoms with Crippen LogP contribution in [0.2, 0.25) is 10.0 Å². The van der Waals surface area contributed by atoms with Gasteiger partial charge in [-0.3, -0.25) is 5.43 Å². The number of hydrogen-bond donors (Lipinski definition) is 1. The molecule has 126 valence electrons. The molecule has 0 atom stereocenters. The van der Waals surface area contributed by atoms with E-state index in [1.807, 2.05) is 6.07 Å². The van der Waals surface area contributed by atoms with Crippen LogP contribution in [-0.4, -0.2) is 10.7 Å². The van der Waals surface area contributed by atoms with Crippen LogP contribution in [-0.2, 0) is 6.18 Å². The molecule has 5 nitrogen and oxygen atoms in total. The Morgan fingerprint density at radius 2 is 1.80 bits per heavy atom. The lowest BCUT2D eigenvalue weighted by atomic mass is 10.2. The number of benzene rings is 1. The second-order valence-electron chi connectivity index (χ2n) is 4.54. The third-order valence-electron chi connectivity index (χ3n) is 2.91. The van der Waals surface area contributed by atoms with Crippen molar-refractivity contribution in [3.63, 3.8) is 0 Å². The van der Waals surface area contributed by atoms with E-state index >= 15 is 0 Å². The zero-order valence-electron chi connectivity index (χ0n) is 12.1. The topological polar surface area (TPSA) is 84.9 Å². The summed E-state index contributed by atoms with van der Waals surface area (Å²) in [5.74, 6) is 0. The van der Waals surface area contributed by atoms with Crippen LogP contribution < -0.4 is 5.43 Å². The summed E-state index contributed by atoms with van der Waals surface area (Å²) in [7, 11) is 0. The standard InChI is InChI=1S/C15H6Cl2F3N5/c16-11-3-9(15(18,19)20)4-12(17)14(11)25-24-13(6-22)8-1-2-10(5-21)23-7-8/h1-4,7,25H. The average molecular weight is 384 g/mol. The molecule has 0 bridgehead atoms. The van der Waals surface area contributed by atoms with Crippen LogP contribution in [0.15, 0.2) is 35.6 Å². The van der Waals surface area contributed by atoms with Crippen molar-refractivity contribution in [3.05, 3.63) is 57.3 Å². The molecule has 0 aliphatic carbocycles. The predicted molar refractivity (Wildman–Crippen MR) is 86.2 cm³/mol. The normalized spacial score (nSPS) is 11.6. The molecule has 2 rings (SSSR count). The van der Waals surface area contributed by atoms with Gasteiger partial charge in [0.25, 0.3) is 0 Å². The van der Waals surface area contributed by atoms with Crippen LogP contribution in [0, 0.1) is 22.7 Å². The fourth-order valence-electron chi connectivity index (χ4n) is 1.71. The minimum absolute atomic E-state index is 0.0781. The highest BCUT2D eigenvalue weighted by Gasteiger charge is 2.32. The molecule has 0 fully saturated rings. The smallest absolute Gasteiger partial charge is 0.274 e. The number of hydrazone groups is 1. The molecule has 0 aliphatic heterocycles. The van der Waals surface area contributed by atoms with E-state index in [9.17, 15) is 13.2 Å². The maximum atomic E-state index is 12.7. The molecule has 10 heteroatoms. The molecule has 0 aliphatic rings. The van der Waals surface area contributed by atoms with E-state index in [-0.39, 0.29) is 27.1 Å². The van der Waals surface area contributed by atoms with E-state index in [2.05, 4.69) is 15.5 Å². The van der Waals surface area contributed by atoms with Crippen molar-refractivity contribution in [2.24, 2.45) is 5.10 Å². The molecule has 25 heavy (non-hydrogen) atoms. The van der Waals surface area contributed by atoms with Gasteiger partial charge in [0, 0.05) is 11.8 Å². The zero-order valence-corrected chi connectivity index (χ0v) is 13.6. The fraction of sp³-hybridized carbons (Fsp3) is 0.0667. The van der Waals surface area contributed by atoms with Crippen LogP contribution >= 0.6 is 23.2 Å². The van der Waals surface area contributed by atoms with Crippen LogP contribution in [0.5, 0.6) is 0 Å². The predicted octanol–water partition coefficient (Wildman–Crippen LogP) is 4.62. The number of alkyl halides is 3. The maximum Gasteiger partial charge on any atom is 0.416 e. The molecular weight excluding hydrogens is 378 g/mol. The maximum absolute atomic E-state index is 12.7. The van der Waals surface area contributed by atoms with Gasteiger partial charge in [-0.2, -0.15) is 28.8 Å². The highest BCUT2D eigenvalue weighted by Crippen LogP contribution is 2.38. The number of hydrogen-bond acceptors (Lipinski definition) is 5. The first-order valence-corrected chi connectivity index (χ1v) is 7.18. The molecular formula is C15H6Cl2F3N5. The molecule has 1 heterocycles. The molecule has 1 aromatic carbocycles. The first-order valence-electron chi connectivity index (χ1n) is 6.43. The van der Waals surface area contributed by atoms with Gasteiger partial charge in [-0.05, 0) is 24.3 Å². The van der Waals surface area contributed by atoms with Gasteiger partial charge in [0.15, 0.2) is 5.71 Å². The number of nitrogens with one attached hydrogen (secondary N) is 1. The Kier molecular flexibility index (Phi) is 5.48. The SMILES string of the molecule is N#CC(=NNc1c(Cl)cc(C(F)(F)F)cc1Cl)c1ccc(C#N)nc1. The van der Waals surface area contributed by atoms with Crippen LogP contribution in [0.1, 0.15) is 16.8 Å². The van der Waals surface area contributed by atoms with E-state index < -0.39 is 11.7 Å². The van der Waals surface area contributed by atoms with Gasteiger partial charge in [-0.15, -0.1) is 0 Å². The van der Waals surface area contributed by atoms with Crippen LogP contribution in [0.25, 0.3) is 0 Å². The molecule has 0 amide bonds. The lowest BCUT2D eigenvalue weighted by molar-refractivity contribution is -0.137. The van der Waals surface area contributed by atoms with Gasteiger partial charge in [-0.1, -0.05) is 23.2 Å². The number of nitriles is 2. The van der Waals surface area contributed by atoms with Crippen LogP contribution in [0.3, 0.4) is 0 Å². The monoisotopic (exact) mass is 383 g/mol. The number of halogens is 5. The molecule has 1 aromatic heterocycles. The summed E-state index contributed by atoms with van der Waals surface area (Å²) in [4.78, 5) is 3.80. The Hall–Kier alpha value is -2.81. The van der Waals surface area contributed by atoms with Gasteiger partial charge in [0.1, 0.15) is 17.8 Å². The Labute approximate surface area is 149 Å². The summed E-state index contributed by atoms with van der Waals surface area (Å²) in [5, 5.41) is 21.0. The molecule has 0 radical (unpaired) electrons. The van der Waals surface area contributed by atoms with Gasteiger partial charge in [0.2, 0.25) is 0 Å². The summed E-state index contributed by atoms with van der Waals surface area (Å²) < 4.78 is 38.1. The van der Waals surface area contributed by atoms with Crippen LogP contribution in [0.4, 0.5) is 18.9 Å². The lowest BCUT2D eigenvalue weighted by Crippen LogP contribution is -2.07. The molecule has 2 aromatic rings. The largest absolute Gasteiger partial charge is 0.416 e. The minimum atomic E-state index is -4.60. The summed E-state index contributed by atoms with van der Waals surface area (Å²) >= 11 is 11.6. The Bertz CT molecular complexity index is 886. The van der Waals surface area contributed by atoms with E-state index in [0.717, 1.165) is 0 Å². The number of anilines is 1. The van der Waals surface area contributed by atoms with E-state index in [0.29, 0.717) is 17.7 Å². The van der Waals surface area contributed by atoms with E-state index in [4.69, 9.17) is 33.7 Å². The number of nitrogens with zero attached hydrogens (tertiary/aromatic N) is 4. The molecule has 0 unspecified atom stereocenters. The third-order valence-corrected chi connectivity index (χ3v) is 3.50. The molecule has 0 spiro atoms. The van der Waals surface area contributed by atoms with E-state index in [1.165, 1.54) is 18.3 Å². The number of pyridine rings is 1. The van der Waals surface area contributed by atoms with Crippen molar-refractivity contribution in [2.45, 2.75) is 6.18 Å². The first kappa shape index (κ1) is 18.5. The average Bonchev–Trinajstić information content (AvgIpc) is 2.56. The Balaban J connectivity index is 2.33. The second-order valence-corrected chi connectivity index (χ2v) is 5.35. The summed E-state index contributed by atoms with van der Waals surface area (Å²) in [6.07, 6.45) is -3.33. The van der Waals surface area contributed by atoms with Crippen molar-refractivity contribution in [1.29, 1.82) is 10.5 Å². The summed E-state index contributed by atoms with van der Waals surface area (Å²) in [5.41, 5.74) is 1.63. The Morgan fingerprint density at radius 3 is 2.24 bits per heavy atom. The highest BCUT2D eigenvalue weighted by atomic mass is 35.5. The first-order chi connectivity index (χ1) is 11.8. The Morgan fingerprint density at radius 1 is 1.16 bits per heavy atom. The fourth-order valence-corrected chi connectivity index (χ4v) is 2.28. The van der Waals surface area contributed by atoms with Gasteiger partial charge in [0.05, 0.1) is 21.3 Å². The molecule has 0 saturated carbocycles. The molecule has 0 saturated heterocycles. The number of aromatic nitrogens is 1. The van der Waals surface area contributed by atoms with Crippen molar-refractivity contribution in [3.8, 4) is 12.1 Å². The third kappa shape index (κ3) is 4.38. The van der Waals surface area contributed by atoms with Crippen molar-refractivity contribution >= 4 is 34.6 Å². The second kappa shape index (κ2) is 7.39.